The van der Waals surface area contributed by atoms with Crippen LogP contribution < -0.4 is 0 Å². The van der Waals surface area contributed by atoms with Gasteiger partial charge in [-0.05, 0) is 31.6 Å². The highest BCUT2D eigenvalue weighted by atomic mass is 14.0. The molecule has 0 aliphatic rings. The van der Waals surface area contributed by atoms with E-state index in [1.165, 1.54) is 199 Å². The van der Waals surface area contributed by atoms with Crippen LogP contribution in [0.4, 0.5) is 0 Å². The summed E-state index contributed by atoms with van der Waals surface area (Å²) in [4.78, 5) is 0. The van der Waals surface area contributed by atoms with Crippen LogP contribution in [0.5, 0.6) is 0 Å². The van der Waals surface area contributed by atoms with Gasteiger partial charge in [0.15, 0.2) is 0 Å². The van der Waals surface area contributed by atoms with Crippen molar-refractivity contribution in [1.29, 1.82) is 0 Å². The second kappa shape index (κ2) is 33.8. The van der Waals surface area contributed by atoms with E-state index in [4.69, 9.17) is 0 Å². The van der Waals surface area contributed by atoms with Crippen LogP contribution >= 0.6 is 0 Å². The van der Waals surface area contributed by atoms with Gasteiger partial charge in [0.05, 0.1) is 0 Å². The molecule has 0 saturated heterocycles. The number of hydrogen-bond acceptors (Lipinski definition) is 0. The standard InChI is InChI=1S/C37H74/c1-4-5-6-7-8-9-10-11-12-13-14-15-16-17-18-19-20-21-22-23-24-25-26-27-28-29-30-31-32-33-34-35-36-37(2)3/h12-13,37H,4-11,14-36H2,1-3H3. The van der Waals surface area contributed by atoms with E-state index in [0.29, 0.717) is 0 Å². The first kappa shape index (κ1) is 36.7. The Morgan fingerprint density at radius 3 is 0.838 bits per heavy atom. The molecule has 0 atom stereocenters. The monoisotopic (exact) mass is 519 g/mol. The number of unbranched alkanes of at least 4 members (excludes halogenated alkanes) is 28. The Labute approximate surface area is 237 Å². The maximum atomic E-state index is 2.45. The normalized spacial score (nSPS) is 11.9. The SMILES string of the molecule is CCCCCCCCCC=CCCCCCCCCCCCCCCCCCCCCCCCC(C)C. The maximum absolute atomic E-state index is 2.45. The van der Waals surface area contributed by atoms with E-state index in [9.17, 15) is 0 Å². The van der Waals surface area contributed by atoms with Gasteiger partial charge in [-0.1, -0.05) is 206 Å². The van der Waals surface area contributed by atoms with Crippen LogP contribution in [0.3, 0.4) is 0 Å². The molecule has 0 fully saturated rings. The van der Waals surface area contributed by atoms with Crippen molar-refractivity contribution in [1.82, 2.24) is 0 Å². The van der Waals surface area contributed by atoms with Gasteiger partial charge in [-0.15, -0.1) is 0 Å². The molecular weight excluding hydrogens is 444 g/mol. The van der Waals surface area contributed by atoms with Gasteiger partial charge < -0.3 is 0 Å². The van der Waals surface area contributed by atoms with E-state index >= 15 is 0 Å². The van der Waals surface area contributed by atoms with Crippen molar-refractivity contribution >= 4 is 0 Å². The summed E-state index contributed by atoms with van der Waals surface area (Å²) < 4.78 is 0. The molecule has 0 spiro atoms. The van der Waals surface area contributed by atoms with E-state index in [2.05, 4.69) is 32.9 Å². The van der Waals surface area contributed by atoms with Crippen LogP contribution in [0.2, 0.25) is 0 Å². The quantitative estimate of drug-likeness (QED) is 0.0613. The first-order valence-electron chi connectivity index (χ1n) is 17.9. The van der Waals surface area contributed by atoms with Gasteiger partial charge in [0, 0.05) is 0 Å². The molecule has 0 unspecified atom stereocenters. The maximum Gasteiger partial charge on any atom is -0.0351 e. The minimum atomic E-state index is 0.895. The first-order chi connectivity index (χ1) is 18.3. The molecular formula is C37H74. The summed E-state index contributed by atoms with van der Waals surface area (Å²) >= 11 is 0. The molecule has 0 N–H and O–H groups in total. The summed E-state index contributed by atoms with van der Waals surface area (Å²) in [5, 5.41) is 0. The van der Waals surface area contributed by atoms with E-state index in [1.54, 1.807) is 0 Å². The average molecular weight is 519 g/mol. The number of hydrogen-bond donors (Lipinski definition) is 0. The molecule has 0 aromatic carbocycles. The number of allylic oxidation sites excluding steroid dienone is 2. The third kappa shape index (κ3) is 35.7. The molecule has 222 valence electrons. The van der Waals surface area contributed by atoms with E-state index in [1.807, 2.05) is 0 Å². The zero-order valence-corrected chi connectivity index (χ0v) is 26.7. The van der Waals surface area contributed by atoms with Crippen LogP contribution in [0.1, 0.15) is 220 Å². The fraction of sp³-hybridized carbons (Fsp3) is 0.946. The molecule has 0 radical (unpaired) electrons. The molecule has 0 bridgehead atoms. The molecule has 0 aromatic rings. The summed E-state index contributed by atoms with van der Waals surface area (Å²) in [7, 11) is 0. The predicted octanol–water partition coefficient (Wildman–Crippen LogP) is 14.3. The smallest absolute Gasteiger partial charge is 0.0351 e. The summed E-state index contributed by atoms with van der Waals surface area (Å²) in [5.41, 5.74) is 0. The molecule has 0 saturated carbocycles. The van der Waals surface area contributed by atoms with E-state index in [0.717, 1.165) is 5.92 Å². The van der Waals surface area contributed by atoms with Crippen molar-refractivity contribution < 1.29 is 0 Å². The minimum absolute atomic E-state index is 0.895. The zero-order chi connectivity index (χ0) is 26.9. The lowest BCUT2D eigenvalue weighted by atomic mass is 10.0. The Morgan fingerprint density at radius 2 is 0.568 bits per heavy atom. The molecule has 0 amide bonds. The lowest BCUT2D eigenvalue weighted by Gasteiger charge is -2.05. The molecule has 0 heterocycles. The van der Waals surface area contributed by atoms with Crippen LogP contribution in [-0.2, 0) is 0 Å². The van der Waals surface area contributed by atoms with Gasteiger partial charge in [-0.25, -0.2) is 0 Å². The molecule has 0 heteroatoms. The second-order valence-corrected chi connectivity index (χ2v) is 12.8. The van der Waals surface area contributed by atoms with Gasteiger partial charge >= 0.3 is 0 Å². The fourth-order valence-corrected chi connectivity index (χ4v) is 5.63. The van der Waals surface area contributed by atoms with Crippen LogP contribution in [0, 0.1) is 5.92 Å². The van der Waals surface area contributed by atoms with Crippen molar-refractivity contribution in [3.63, 3.8) is 0 Å². The first-order valence-corrected chi connectivity index (χ1v) is 17.9. The summed E-state index contributed by atoms with van der Waals surface area (Å²) in [6, 6.07) is 0. The lowest BCUT2D eigenvalue weighted by molar-refractivity contribution is 0.500. The van der Waals surface area contributed by atoms with Crippen LogP contribution in [-0.4, -0.2) is 0 Å². The topological polar surface area (TPSA) is 0 Å². The molecule has 0 aliphatic heterocycles. The summed E-state index contributed by atoms with van der Waals surface area (Å²) in [5.74, 6) is 0.895. The summed E-state index contributed by atoms with van der Waals surface area (Å²) in [6.07, 6.45) is 49.9. The highest BCUT2D eigenvalue weighted by Crippen LogP contribution is 2.16. The fourth-order valence-electron chi connectivity index (χ4n) is 5.63. The number of rotatable bonds is 32. The van der Waals surface area contributed by atoms with Gasteiger partial charge in [-0.3, -0.25) is 0 Å². The predicted molar refractivity (Wildman–Crippen MR) is 173 cm³/mol. The van der Waals surface area contributed by atoms with Gasteiger partial charge in [-0.2, -0.15) is 0 Å². The van der Waals surface area contributed by atoms with Crippen LogP contribution in [0.25, 0.3) is 0 Å². The summed E-state index contributed by atoms with van der Waals surface area (Å²) in [6.45, 7) is 7.00. The van der Waals surface area contributed by atoms with E-state index < -0.39 is 0 Å². The molecule has 0 aliphatic carbocycles. The van der Waals surface area contributed by atoms with E-state index in [-0.39, 0.29) is 0 Å². The van der Waals surface area contributed by atoms with Crippen molar-refractivity contribution in [3.8, 4) is 0 Å². The molecule has 0 nitrogen and oxygen atoms in total. The Hall–Kier alpha value is -0.260. The largest absolute Gasteiger partial charge is 0.0885 e. The van der Waals surface area contributed by atoms with Crippen molar-refractivity contribution in [2.45, 2.75) is 220 Å². The molecule has 0 aromatic heterocycles. The van der Waals surface area contributed by atoms with Crippen molar-refractivity contribution in [3.05, 3.63) is 12.2 Å². The van der Waals surface area contributed by atoms with Gasteiger partial charge in [0.2, 0.25) is 0 Å². The van der Waals surface area contributed by atoms with Gasteiger partial charge in [0.1, 0.15) is 0 Å². The Balaban J connectivity index is 3.06. The zero-order valence-electron chi connectivity index (χ0n) is 26.7. The van der Waals surface area contributed by atoms with Crippen molar-refractivity contribution in [2.75, 3.05) is 0 Å². The minimum Gasteiger partial charge on any atom is -0.0885 e. The van der Waals surface area contributed by atoms with Crippen LogP contribution in [0.15, 0.2) is 12.2 Å². The molecule has 0 rings (SSSR count). The lowest BCUT2D eigenvalue weighted by Crippen LogP contribution is -1.87. The third-order valence-corrected chi connectivity index (χ3v) is 8.29. The Bertz CT molecular complexity index is 406. The molecule has 37 heavy (non-hydrogen) atoms. The highest BCUT2D eigenvalue weighted by Gasteiger charge is 1.97. The Morgan fingerprint density at radius 1 is 0.324 bits per heavy atom. The average Bonchev–Trinajstić information content (AvgIpc) is 2.89. The van der Waals surface area contributed by atoms with Crippen molar-refractivity contribution in [2.24, 2.45) is 5.92 Å². The van der Waals surface area contributed by atoms with Gasteiger partial charge in [0.25, 0.3) is 0 Å². The Kier molecular flexibility index (Phi) is 33.5. The highest BCUT2D eigenvalue weighted by molar-refractivity contribution is 4.81. The third-order valence-electron chi connectivity index (χ3n) is 8.29. The second-order valence-electron chi connectivity index (χ2n) is 12.8.